The Hall–Kier alpha value is -0.0100. The Morgan fingerprint density at radius 2 is 2.38 bits per heavy atom. The fraction of sp³-hybridized carbons (Fsp3) is 0.818. The van der Waals surface area contributed by atoms with Gasteiger partial charge in [-0.3, -0.25) is 0 Å². The van der Waals surface area contributed by atoms with Gasteiger partial charge in [-0.25, -0.2) is 0 Å². The third kappa shape index (κ3) is 1.25. The zero-order valence-electron chi connectivity index (χ0n) is 8.26. The number of aliphatic hydroxyl groups excluding tert-OH is 1. The second kappa shape index (κ2) is 2.99. The van der Waals surface area contributed by atoms with Crippen molar-refractivity contribution in [3.63, 3.8) is 0 Å². The zero-order valence-corrected chi connectivity index (χ0v) is 9.01. The minimum Gasteiger partial charge on any atom is -0.388 e. The fourth-order valence-electron chi connectivity index (χ4n) is 2.86. The highest BCUT2D eigenvalue weighted by Crippen LogP contribution is 2.59. The van der Waals surface area contributed by atoms with Crippen LogP contribution in [0.1, 0.15) is 26.7 Å². The highest BCUT2D eigenvalue weighted by molar-refractivity contribution is 6.18. The topological polar surface area (TPSA) is 20.2 Å². The fourth-order valence-corrected chi connectivity index (χ4v) is 3.04. The highest BCUT2D eigenvalue weighted by atomic mass is 35.5. The molecule has 3 atom stereocenters. The Labute approximate surface area is 84.8 Å². The molecule has 3 aliphatic rings. The number of rotatable bonds is 2. The number of hydrogen-bond acceptors (Lipinski definition) is 1. The molecule has 74 valence electrons. The minimum absolute atomic E-state index is 0.336. The van der Waals surface area contributed by atoms with E-state index in [0.717, 1.165) is 12.3 Å². The summed E-state index contributed by atoms with van der Waals surface area (Å²) >= 11 is 5.67. The molecule has 3 rings (SSSR count). The number of alkyl halides is 1. The molecule has 0 saturated heterocycles. The first kappa shape index (κ1) is 9.54. The third-order valence-electron chi connectivity index (χ3n) is 4.04. The van der Waals surface area contributed by atoms with E-state index in [9.17, 15) is 5.11 Å². The molecule has 0 heterocycles. The van der Waals surface area contributed by atoms with E-state index in [1.54, 1.807) is 0 Å². The van der Waals surface area contributed by atoms with Crippen molar-refractivity contribution in [2.24, 2.45) is 17.3 Å². The monoisotopic (exact) mass is 200 g/mol. The van der Waals surface area contributed by atoms with Gasteiger partial charge in [0.05, 0.1) is 12.0 Å². The lowest BCUT2D eigenvalue weighted by Gasteiger charge is -2.57. The third-order valence-corrected chi connectivity index (χ3v) is 4.33. The number of halogens is 1. The summed E-state index contributed by atoms with van der Waals surface area (Å²) in [4.78, 5) is 0. The van der Waals surface area contributed by atoms with Gasteiger partial charge in [-0.05, 0) is 35.7 Å². The second-order valence-electron chi connectivity index (χ2n) is 4.92. The Bertz CT molecular complexity index is 244. The summed E-state index contributed by atoms with van der Waals surface area (Å²) in [5.41, 5.74) is 1.60. The molecule has 3 aliphatic carbocycles. The summed E-state index contributed by atoms with van der Waals surface area (Å²) in [5, 5.41) is 9.71. The summed E-state index contributed by atoms with van der Waals surface area (Å²) < 4.78 is 0. The average molecular weight is 201 g/mol. The number of aliphatic hydroxyl groups is 1. The van der Waals surface area contributed by atoms with E-state index >= 15 is 0 Å². The number of hydrogen-bond donors (Lipinski definition) is 1. The summed E-state index contributed by atoms with van der Waals surface area (Å²) in [6.45, 7) is 4.61. The van der Waals surface area contributed by atoms with Crippen molar-refractivity contribution in [1.29, 1.82) is 0 Å². The lowest BCUT2D eigenvalue weighted by molar-refractivity contribution is -0.0195. The van der Waals surface area contributed by atoms with Crippen molar-refractivity contribution in [3.8, 4) is 0 Å². The molecule has 13 heavy (non-hydrogen) atoms. The van der Waals surface area contributed by atoms with Gasteiger partial charge in [0.15, 0.2) is 0 Å². The van der Waals surface area contributed by atoms with Gasteiger partial charge in [-0.15, -0.1) is 11.6 Å². The molecular formula is C11H17ClO. The van der Waals surface area contributed by atoms with Crippen LogP contribution in [0.5, 0.6) is 0 Å². The molecule has 0 aliphatic heterocycles. The van der Waals surface area contributed by atoms with Crippen molar-refractivity contribution in [3.05, 3.63) is 11.6 Å². The van der Waals surface area contributed by atoms with E-state index < -0.39 is 6.10 Å². The van der Waals surface area contributed by atoms with Crippen molar-refractivity contribution >= 4 is 11.6 Å². The van der Waals surface area contributed by atoms with Gasteiger partial charge in [0.1, 0.15) is 0 Å². The largest absolute Gasteiger partial charge is 0.388 e. The van der Waals surface area contributed by atoms with E-state index in [4.69, 9.17) is 11.6 Å². The van der Waals surface area contributed by atoms with Crippen LogP contribution in [0.2, 0.25) is 0 Å². The Morgan fingerprint density at radius 1 is 1.69 bits per heavy atom. The Morgan fingerprint density at radius 3 is 2.85 bits per heavy atom. The molecule has 1 N–H and O–H groups in total. The molecule has 2 heteroatoms. The van der Waals surface area contributed by atoms with Gasteiger partial charge in [0.2, 0.25) is 0 Å². The van der Waals surface area contributed by atoms with Crippen LogP contribution in [0.4, 0.5) is 0 Å². The van der Waals surface area contributed by atoms with Gasteiger partial charge >= 0.3 is 0 Å². The standard InChI is InChI=1S/C11H17ClO/c1-11(2)7-3-4-8(9(11)5-7)10(13)6-12/h4,7,9-10,13H,3,5-6H2,1-2H3. The predicted octanol–water partition coefficient (Wildman–Crippen LogP) is 2.58. The molecule has 0 aromatic rings. The quantitative estimate of drug-likeness (QED) is 0.537. The first-order valence-electron chi connectivity index (χ1n) is 5.01. The smallest absolute Gasteiger partial charge is 0.0888 e. The second-order valence-corrected chi connectivity index (χ2v) is 5.23. The van der Waals surface area contributed by atoms with Crippen LogP contribution in [-0.2, 0) is 0 Å². The van der Waals surface area contributed by atoms with Crippen LogP contribution in [0.15, 0.2) is 11.6 Å². The molecule has 0 spiro atoms. The van der Waals surface area contributed by atoms with Crippen LogP contribution in [0, 0.1) is 17.3 Å². The summed E-state index contributed by atoms with van der Waals surface area (Å²) in [6.07, 6.45) is 4.18. The van der Waals surface area contributed by atoms with E-state index in [1.165, 1.54) is 12.0 Å². The van der Waals surface area contributed by atoms with Gasteiger partial charge in [0, 0.05) is 0 Å². The lowest BCUT2D eigenvalue weighted by Crippen LogP contribution is -2.50. The van der Waals surface area contributed by atoms with Crippen molar-refractivity contribution in [2.75, 3.05) is 5.88 Å². The molecule has 0 amide bonds. The van der Waals surface area contributed by atoms with Crippen molar-refractivity contribution in [2.45, 2.75) is 32.8 Å². The first-order valence-corrected chi connectivity index (χ1v) is 5.54. The molecule has 0 radical (unpaired) electrons. The van der Waals surface area contributed by atoms with Gasteiger partial charge in [-0.2, -0.15) is 0 Å². The molecule has 0 aromatic carbocycles. The number of allylic oxidation sites excluding steroid dienone is 1. The van der Waals surface area contributed by atoms with Crippen LogP contribution in [0.3, 0.4) is 0 Å². The van der Waals surface area contributed by atoms with E-state index in [0.29, 0.717) is 17.2 Å². The first-order chi connectivity index (χ1) is 6.07. The SMILES string of the molecule is CC1(C)C2CC=C(C(O)CCl)C1C2. The normalized spacial score (nSPS) is 37.7. The van der Waals surface area contributed by atoms with Gasteiger partial charge < -0.3 is 5.11 Å². The Balaban J connectivity index is 2.18. The predicted molar refractivity (Wildman–Crippen MR) is 54.8 cm³/mol. The summed E-state index contributed by atoms with van der Waals surface area (Å²) in [7, 11) is 0. The maximum atomic E-state index is 9.71. The van der Waals surface area contributed by atoms with Crippen molar-refractivity contribution < 1.29 is 5.11 Å². The molecule has 1 nitrogen and oxygen atoms in total. The molecule has 1 saturated carbocycles. The van der Waals surface area contributed by atoms with Crippen LogP contribution < -0.4 is 0 Å². The molecule has 3 unspecified atom stereocenters. The zero-order chi connectivity index (χ0) is 9.64. The van der Waals surface area contributed by atoms with Crippen LogP contribution >= 0.6 is 11.6 Å². The summed E-state index contributed by atoms with van der Waals surface area (Å²) in [6, 6.07) is 0. The maximum absolute atomic E-state index is 9.71. The summed E-state index contributed by atoms with van der Waals surface area (Å²) in [5.74, 6) is 1.76. The van der Waals surface area contributed by atoms with E-state index in [1.807, 2.05) is 0 Å². The van der Waals surface area contributed by atoms with Crippen LogP contribution in [0.25, 0.3) is 0 Å². The lowest BCUT2D eigenvalue weighted by atomic mass is 9.48. The maximum Gasteiger partial charge on any atom is 0.0888 e. The van der Waals surface area contributed by atoms with E-state index in [2.05, 4.69) is 19.9 Å². The minimum atomic E-state index is -0.410. The Kier molecular flexibility index (Phi) is 2.20. The van der Waals surface area contributed by atoms with Crippen molar-refractivity contribution in [1.82, 2.24) is 0 Å². The van der Waals surface area contributed by atoms with Gasteiger partial charge in [-0.1, -0.05) is 19.9 Å². The molecule has 2 bridgehead atoms. The molecule has 0 aromatic heterocycles. The molecule has 1 fully saturated rings. The highest BCUT2D eigenvalue weighted by Gasteiger charge is 2.52. The van der Waals surface area contributed by atoms with Gasteiger partial charge in [0.25, 0.3) is 0 Å². The average Bonchev–Trinajstić information content (AvgIpc) is 2.16. The number of fused-ring (bicyclic) bond motifs is 1. The molecular weight excluding hydrogens is 184 g/mol. The van der Waals surface area contributed by atoms with E-state index in [-0.39, 0.29) is 0 Å². The van der Waals surface area contributed by atoms with Crippen LogP contribution in [-0.4, -0.2) is 17.1 Å².